The van der Waals surface area contributed by atoms with Crippen LogP contribution in [0.15, 0.2) is 60.7 Å². The third-order valence-corrected chi connectivity index (χ3v) is 5.63. The predicted molar refractivity (Wildman–Crippen MR) is 129 cm³/mol. The number of carboxylic acids is 2. The van der Waals surface area contributed by atoms with Crippen LogP contribution in [0.1, 0.15) is 21.0 Å². The number of sulfonamides is 2. The Kier molecular flexibility index (Phi) is 9.25. The Morgan fingerprint density at radius 3 is 1.30 bits per heavy atom. The molecule has 0 saturated heterocycles. The maximum Gasteiger partial charge on any atom is 2.00 e. The number of hydrogen-bond donors (Lipinski definition) is 2. The minimum absolute atomic E-state index is 0. The van der Waals surface area contributed by atoms with Crippen molar-refractivity contribution < 1.29 is 56.1 Å². The first-order valence-electron chi connectivity index (χ1n) is 9.91. The zero-order valence-corrected chi connectivity index (χ0v) is 24.1. The normalized spacial score (nSPS) is 11.1. The molecule has 0 aliphatic heterocycles. The van der Waals surface area contributed by atoms with Crippen molar-refractivity contribution in [2.45, 2.75) is 0 Å². The average Bonchev–Trinajstić information content (AvgIpc) is 2.77. The second-order valence-electron chi connectivity index (χ2n) is 7.47. The number of benzene rings is 2. The van der Waals surface area contributed by atoms with Crippen molar-refractivity contribution in [3.8, 4) is 0 Å². The van der Waals surface area contributed by atoms with E-state index in [9.17, 15) is 36.6 Å². The van der Waals surface area contributed by atoms with Gasteiger partial charge in [-0.3, -0.25) is 9.44 Å². The molecule has 12 nitrogen and oxygen atoms in total. The largest absolute Gasteiger partial charge is 2.00 e. The number of carbonyl (C=O) groups excluding carboxylic acids is 2. The van der Waals surface area contributed by atoms with E-state index in [1.54, 1.807) is 36.4 Å². The van der Waals surface area contributed by atoms with E-state index < -0.39 is 32.0 Å². The van der Waals surface area contributed by atoms with Gasteiger partial charge in [0, 0.05) is 10.8 Å². The zero-order valence-electron chi connectivity index (χ0n) is 19.5. The topological polar surface area (TPSA) is 198 Å². The molecule has 15 heteroatoms. The standard InChI is InChI=1S/2C11H10N2O4S.Zn/c2*1-18(16,17)13-8-4-2-3-7-5-6-9(11(14)15)12-10(7)8;/h2*2-6,13H,1H3,(H,14,15);/q;;+2/p-2. The van der Waals surface area contributed by atoms with Crippen LogP contribution < -0.4 is 19.7 Å². The summed E-state index contributed by atoms with van der Waals surface area (Å²) in [6, 6.07) is 15.4. The van der Waals surface area contributed by atoms with E-state index in [4.69, 9.17) is 0 Å². The summed E-state index contributed by atoms with van der Waals surface area (Å²) in [6.45, 7) is 0. The first-order valence-corrected chi connectivity index (χ1v) is 13.7. The van der Waals surface area contributed by atoms with Gasteiger partial charge in [0.15, 0.2) is 0 Å². The van der Waals surface area contributed by atoms with Gasteiger partial charge in [-0.2, -0.15) is 0 Å². The summed E-state index contributed by atoms with van der Waals surface area (Å²) in [5.74, 6) is -2.82. The molecule has 188 valence electrons. The summed E-state index contributed by atoms with van der Waals surface area (Å²) < 4.78 is 49.4. The van der Waals surface area contributed by atoms with Crippen LogP contribution in [0.25, 0.3) is 21.8 Å². The number of nitrogens with zero attached hydrogens (tertiary/aromatic N) is 2. The summed E-state index contributed by atoms with van der Waals surface area (Å²) in [5, 5.41) is 22.7. The monoisotopic (exact) mass is 594 g/mol. The van der Waals surface area contributed by atoms with Crippen LogP contribution in [0.4, 0.5) is 11.4 Å². The van der Waals surface area contributed by atoms with E-state index in [-0.39, 0.29) is 53.3 Å². The summed E-state index contributed by atoms with van der Waals surface area (Å²) in [7, 11) is -6.91. The quantitative estimate of drug-likeness (QED) is 0.285. The molecule has 4 rings (SSSR count). The molecular formula is C22H18N4O8S2Zn. The molecule has 0 amide bonds. The Hall–Kier alpha value is -3.68. The molecule has 37 heavy (non-hydrogen) atoms. The maximum atomic E-state index is 11.2. The number of carboxylic acid groups (broad SMARTS) is 2. The first-order chi connectivity index (χ1) is 16.7. The molecule has 0 spiro atoms. The molecular weight excluding hydrogens is 578 g/mol. The van der Waals surface area contributed by atoms with Crippen LogP contribution in [0, 0.1) is 0 Å². The summed E-state index contributed by atoms with van der Waals surface area (Å²) in [6.07, 6.45) is 2.02. The molecule has 0 bridgehead atoms. The van der Waals surface area contributed by atoms with E-state index >= 15 is 0 Å². The van der Waals surface area contributed by atoms with Gasteiger partial charge in [-0.15, -0.1) is 0 Å². The molecule has 2 aromatic carbocycles. The van der Waals surface area contributed by atoms with Gasteiger partial charge in [0.25, 0.3) is 0 Å². The van der Waals surface area contributed by atoms with Crippen LogP contribution in [0.2, 0.25) is 0 Å². The molecule has 0 aliphatic rings. The Morgan fingerprint density at radius 2 is 1.00 bits per heavy atom. The number of aromatic carboxylic acids is 2. The van der Waals surface area contributed by atoms with E-state index in [1.165, 1.54) is 24.3 Å². The number of nitrogens with one attached hydrogen (secondary N) is 2. The van der Waals surface area contributed by atoms with Crippen molar-refractivity contribution in [3.63, 3.8) is 0 Å². The minimum Gasteiger partial charge on any atom is -0.543 e. The summed E-state index contributed by atoms with van der Waals surface area (Å²) in [4.78, 5) is 29.2. The van der Waals surface area contributed by atoms with Gasteiger partial charge in [0.05, 0.1) is 58.2 Å². The van der Waals surface area contributed by atoms with Crippen LogP contribution in [-0.2, 0) is 39.5 Å². The number of aromatic nitrogens is 2. The number of hydrogen-bond acceptors (Lipinski definition) is 10. The summed E-state index contributed by atoms with van der Waals surface area (Å²) >= 11 is 0. The van der Waals surface area contributed by atoms with E-state index in [0.29, 0.717) is 10.8 Å². The SMILES string of the molecule is CS(=O)(=O)Nc1cccc2ccc(C(=O)[O-])nc12.CS(=O)(=O)Nc1cccc2ccc(C(=O)[O-])nc12.[Zn+2]. The second kappa shape index (κ2) is 11.6. The van der Waals surface area contributed by atoms with Gasteiger partial charge in [-0.05, 0) is 24.3 Å². The van der Waals surface area contributed by atoms with Crippen LogP contribution in [0.3, 0.4) is 0 Å². The Balaban J connectivity index is 0.000000253. The van der Waals surface area contributed by atoms with E-state index in [2.05, 4.69) is 19.4 Å². The molecule has 0 atom stereocenters. The van der Waals surface area contributed by atoms with Crippen LogP contribution >= 0.6 is 0 Å². The van der Waals surface area contributed by atoms with Gasteiger partial charge in [-0.1, -0.05) is 36.4 Å². The molecule has 0 saturated carbocycles. The van der Waals surface area contributed by atoms with Crippen molar-refractivity contribution in [3.05, 3.63) is 72.1 Å². The molecule has 4 aromatic rings. The molecule has 0 unspecified atom stereocenters. The molecule has 0 aliphatic carbocycles. The Labute approximate surface area is 224 Å². The smallest absolute Gasteiger partial charge is 0.543 e. The average molecular weight is 596 g/mol. The second-order valence-corrected chi connectivity index (χ2v) is 11.0. The fourth-order valence-electron chi connectivity index (χ4n) is 3.09. The molecule has 2 aromatic heterocycles. The van der Waals surface area contributed by atoms with Crippen molar-refractivity contribution in [2.24, 2.45) is 0 Å². The molecule has 2 heterocycles. The van der Waals surface area contributed by atoms with Crippen molar-refractivity contribution in [1.29, 1.82) is 0 Å². The van der Waals surface area contributed by atoms with Gasteiger partial charge in [-0.25, -0.2) is 26.8 Å². The third-order valence-electron chi connectivity index (χ3n) is 4.45. The number of rotatable bonds is 6. The maximum absolute atomic E-state index is 11.2. The van der Waals surface area contributed by atoms with Crippen LogP contribution in [-0.4, -0.2) is 51.3 Å². The van der Waals surface area contributed by atoms with Crippen molar-refractivity contribution in [2.75, 3.05) is 22.0 Å². The fraction of sp³-hybridized carbons (Fsp3) is 0.0909. The van der Waals surface area contributed by atoms with E-state index in [1.807, 2.05) is 0 Å². The number of para-hydroxylation sites is 2. The minimum atomic E-state index is -3.45. The molecule has 0 radical (unpaired) electrons. The third kappa shape index (κ3) is 8.17. The first kappa shape index (κ1) is 29.6. The number of pyridine rings is 2. The number of carbonyl (C=O) groups is 2. The number of fused-ring (bicyclic) bond motifs is 2. The van der Waals surface area contributed by atoms with Gasteiger partial charge in [0.1, 0.15) is 0 Å². The zero-order chi connectivity index (χ0) is 26.7. The number of anilines is 2. The van der Waals surface area contributed by atoms with Crippen LogP contribution in [0.5, 0.6) is 0 Å². The van der Waals surface area contributed by atoms with Crippen molar-refractivity contribution in [1.82, 2.24) is 9.97 Å². The summed E-state index contributed by atoms with van der Waals surface area (Å²) in [5.41, 5.74) is 0.515. The fourth-order valence-corrected chi connectivity index (χ4v) is 4.21. The predicted octanol–water partition coefficient (Wildman–Crippen LogP) is -0.0629. The van der Waals surface area contributed by atoms with Gasteiger partial charge < -0.3 is 19.8 Å². The van der Waals surface area contributed by atoms with Crippen molar-refractivity contribution >= 4 is 65.2 Å². The van der Waals surface area contributed by atoms with E-state index in [0.717, 1.165) is 12.5 Å². The van der Waals surface area contributed by atoms with Gasteiger partial charge >= 0.3 is 19.5 Å². The molecule has 0 fully saturated rings. The van der Waals surface area contributed by atoms with Gasteiger partial charge in [0.2, 0.25) is 20.0 Å². The molecule has 2 N–H and O–H groups in total. The Morgan fingerprint density at radius 1 is 0.649 bits per heavy atom. The Bertz CT molecular complexity index is 1580.